The molecule has 0 aliphatic carbocycles. The molecule has 0 fully saturated rings. The van der Waals surface area contributed by atoms with Gasteiger partial charge in [0, 0.05) is 38.0 Å². The summed E-state index contributed by atoms with van der Waals surface area (Å²) in [6.45, 7) is 12.6. The van der Waals surface area contributed by atoms with E-state index in [0.29, 0.717) is 5.92 Å². The van der Waals surface area contributed by atoms with Gasteiger partial charge in [0.25, 0.3) is 0 Å². The van der Waals surface area contributed by atoms with Crippen LogP contribution in [0.25, 0.3) is 42.3 Å². The van der Waals surface area contributed by atoms with Crippen molar-refractivity contribution in [3.63, 3.8) is 0 Å². The minimum Gasteiger partial charge on any atom is -0.512 e. The smallest absolute Gasteiger partial charge is 0.162 e. The van der Waals surface area contributed by atoms with E-state index in [1.807, 2.05) is 39.0 Å². The molecule has 0 aliphatic heterocycles. The van der Waals surface area contributed by atoms with Crippen molar-refractivity contribution in [2.45, 2.75) is 90.4 Å². The number of nitrogens with zero attached hydrogens (tertiary/aromatic N) is 2. The number of hydrogen-bond acceptors (Lipinski definition) is 5. The Hall–Kier alpha value is -2.38. The molecular formula is C39H49GeIrN2O2S-. The third-order valence-corrected chi connectivity index (χ3v) is 14.3. The van der Waals surface area contributed by atoms with E-state index in [1.165, 1.54) is 31.5 Å². The minimum absolute atomic E-state index is 0. The van der Waals surface area contributed by atoms with Gasteiger partial charge in [0.2, 0.25) is 0 Å². The summed E-state index contributed by atoms with van der Waals surface area (Å²) in [6.07, 6.45) is 6.61. The fourth-order valence-corrected chi connectivity index (χ4v) is 9.73. The van der Waals surface area contributed by atoms with Gasteiger partial charge in [-0.25, -0.2) is 0 Å². The number of benzene rings is 3. The summed E-state index contributed by atoms with van der Waals surface area (Å²) >= 11 is -0.0650. The van der Waals surface area contributed by atoms with Crippen molar-refractivity contribution in [3.05, 3.63) is 78.3 Å². The Morgan fingerprint density at radius 3 is 2.17 bits per heavy atom. The number of aliphatic hydroxyl groups is 1. The number of ketones is 1. The zero-order chi connectivity index (χ0) is 32.9. The summed E-state index contributed by atoms with van der Waals surface area (Å²) in [4.78, 5) is 21.1. The maximum Gasteiger partial charge on any atom is 0.162 e. The van der Waals surface area contributed by atoms with E-state index in [0.717, 1.165) is 52.5 Å². The fraction of sp³-hybridized carbons (Fsp3) is 0.410. The van der Waals surface area contributed by atoms with Crippen LogP contribution in [0.2, 0.25) is 17.3 Å². The van der Waals surface area contributed by atoms with Gasteiger partial charge in [0.05, 0.1) is 5.76 Å². The maximum absolute atomic E-state index is 11.7. The van der Waals surface area contributed by atoms with Gasteiger partial charge in [-0.15, -0.1) is 0 Å². The predicted octanol–water partition coefficient (Wildman–Crippen LogP) is 11.0. The predicted molar refractivity (Wildman–Crippen MR) is 198 cm³/mol. The number of aliphatic hydroxyl groups excluding tert-OH is 1. The quantitative estimate of drug-likeness (QED) is 0.0657. The van der Waals surface area contributed by atoms with Gasteiger partial charge in [0.1, 0.15) is 0 Å². The van der Waals surface area contributed by atoms with Crippen LogP contribution in [-0.2, 0) is 24.9 Å². The molecule has 0 saturated carbocycles. The van der Waals surface area contributed by atoms with Crippen molar-refractivity contribution < 1.29 is 30.0 Å². The van der Waals surface area contributed by atoms with Gasteiger partial charge >= 0.3 is 185 Å². The Labute approximate surface area is 295 Å². The van der Waals surface area contributed by atoms with E-state index in [1.54, 1.807) is 6.33 Å². The standard InChI is InChI=1S/C26H25GeN2S.C13H24O2.Ir/c1-16(2)22-13-18(12-17-8-6-7-9-20(17)22)24-26-25(29-15-28-24)21-11-10-19(27(3,4)5)14-23(21)30-26;1-5-10(6-2)12(14)9-13(15)11(7-3)8-4;/h6-11,13-16H,1-5H3;9-11,14H,5-8H2,1-4H3;/q-1;;/b;12-9-;. The van der Waals surface area contributed by atoms with E-state index in [9.17, 15) is 9.90 Å². The summed E-state index contributed by atoms with van der Waals surface area (Å²) < 4.78 is 4.00. The molecule has 4 nitrogen and oxygen atoms in total. The van der Waals surface area contributed by atoms with Crippen molar-refractivity contribution >= 4 is 65.9 Å². The van der Waals surface area contributed by atoms with Crippen molar-refractivity contribution in [2.75, 3.05) is 0 Å². The average Bonchev–Trinajstić information content (AvgIpc) is 3.40. The first-order valence-corrected chi connectivity index (χ1v) is 24.7. The number of carbonyl (C=O) groups is 1. The second-order valence-electron chi connectivity index (χ2n) is 13.3. The molecule has 5 rings (SSSR count). The van der Waals surface area contributed by atoms with E-state index in [2.05, 4.69) is 90.7 Å². The molecule has 5 aromatic rings. The minimum atomic E-state index is -1.88. The first-order chi connectivity index (χ1) is 21.4. The zero-order valence-corrected chi connectivity index (χ0v) is 34.1. The van der Waals surface area contributed by atoms with E-state index < -0.39 is 13.3 Å². The number of fused-ring (bicyclic) bond motifs is 4. The molecule has 0 spiro atoms. The van der Waals surface area contributed by atoms with Crippen LogP contribution in [0.15, 0.2) is 66.7 Å². The molecule has 7 heteroatoms. The average molecular weight is 875 g/mol. The third-order valence-electron chi connectivity index (χ3n) is 8.88. The van der Waals surface area contributed by atoms with Gasteiger partial charge in [-0.3, -0.25) is 4.79 Å². The van der Waals surface area contributed by atoms with E-state index >= 15 is 0 Å². The molecule has 0 aliphatic rings. The summed E-state index contributed by atoms with van der Waals surface area (Å²) in [5, 5.41) is 13.4. The van der Waals surface area contributed by atoms with Crippen LogP contribution in [0.3, 0.4) is 0 Å². The third kappa shape index (κ3) is 8.55. The largest absolute Gasteiger partial charge is 0.512 e. The molecule has 247 valence electrons. The molecule has 3 aromatic carbocycles. The zero-order valence-electron chi connectivity index (χ0n) is 28.8. The van der Waals surface area contributed by atoms with Crippen LogP contribution in [0.5, 0.6) is 0 Å². The number of rotatable bonds is 10. The molecule has 2 heterocycles. The molecule has 0 unspecified atom stereocenters. The van der Waals surface area contributed by atoms with Gasteiger partial charge in [-0.05, 0) is 25.7 Å². The van der Waals surface area contributed by atoms with Gasteiger partial charge in [-0.1, -0.05) is 27.7 Å². The summed E-state index contributed by atoms with van der Waals surface area (Å²) in [5.74, 6) is 8.31. The topological polar surface area (TPSA) is 63.1 Å². The second kappa shape index (κ2) is 16.6. The number of carbonyl (C=O) groups excluding carboxylic acids is 1. The molecule has 2 aromatic heterocycles. The number of thiophene rings is 1. The van der Waals surface area contributed by atoms with Crippen molar-refractivity contribution in [1.29, 1.82) is 0 Å². The summed E-state index contributed by atoms with van der Waals surface area (Å²) in [7, 11) is 0. The first-order valence-electron chi connectivity index (χ1n) is 16.5. The van der Waals surface area contributed by atoms with Gasteiger partial charge in [-0.2, -0.15) is 0 Å². The number of aromatic nitrogens is 2. The SMILES string of the molecule is CC(C)c1cc(-c2ncnc3c2sc2c[c]([Ge]([CH3])([CH3])[CH3])ccc23)[c-]c2ccccc12.CCC(CC)C(=O)/C=C(\O)C(CC)CC.[Ir]. The van der Waals surface area contributed by atoms with Gasteiger partial charge in [0.15, 0.2) is 5.78 Å². The fourth-order valence-electron chi connectivity index (χ4n) is 5.88. The monoisotopic (exact) mass is 876 g/mol. The van der Waals surface area contributed by atoms with Crippen molar-refractivity contribution in [3.8, 4) is 11.3 Å². The molecule has 0 amide bonds. The number of hydrogen-bond donors (Lipinski definition) is 1. The molecule has 1 N–H and O–H groups in total. The molecule has 1 radical (unpaired) electrons. The molecule has 0 saturated heterocycles. The molecule has 0 atom stereocenters. The van der Waals surface area contributed by atoms with Crippen LogP contribution in [-0.4, -0.2) is 34.1 Å². The van der Waals surface area contributed by atoms with Crippen molar-refractivity contribution in [1.82, 2.24) is 9.97 Å². The van der Waals surface area contributed by atoms with Crippen LogP contribution in [0.4, 0.5) is 0 Å². The number of allylic oxidation sites excluding steroid dienone is 2. The summed E-state index contributed by atoms with van der Waals surface area (Å²) in [6, 6.07) is 21.4. The Morgan fingerprint density at radius 1 is 0.913 bits per heavy atom. The van der Waals surface area contributed by atoms with Crippen LogP contribution >= 0.6 is 11.3 Å². The normalized spacial score (nSPS) is 12.2. The van der Waals surface area contributed by atoms with Crippen LogP contribution in [0.1, 0.15) is 78.7 Å². The van der Waals surface area contributed by atoms with Crippen LogP contribution < -0.4 is 4.40 Å². The molecule has 0 bridgehead atoms. The maximum atomic E-state index is 11.7. The molecular weight excluding hydrogens is 825 g/mol. The second-order valence-corrected chi connectivity index (χ2v) is 25.0. The van der Waals surface area contributed by atoms with E-state index in [4.69, 9.17) is 4.98 Å². The Balaban J connectivity index is 0.000000309. The summed E-state index contributed by atoms with van der Waals surface area (Å²) in [5.41, 5.74) is 4.45. The van der Waals surface area contributed by atoms with Crippen LogP contribution in [0, 0.1) is 17.9 Å². The van der Waals surface area contributed by atoms with Crippen molar-refractivity contribution in [2.24, 2.45) is 11.8 Å². The Kier molecular flexibility index (Phi) is 13.8. The first kappa shape index (κ1) is 38.1. The Bertz CT molecular complexity index is 1810. The van der Waals surface area contributed by atoms with Gasteiger partial charge < -0.3 is 5.11 Å². The Morgan fingerprint density at radius 2 is 1.57 bits per heavy atom. The van der Waals surface area contributed by atoms with E-state index in [-0.39, 0.29) is 43.5 Å². The molecule has 46 heavy (non-hydrogen) atoms.